The summed E-state index contributed by atoms with van der Waals surface area (Å²) in [5.74, 6) is 4.55. The van der Waals surface area contributed by atoms with Gasteiger partial charge in [0.05, 0.1) is 16.7 Å². The summed E-state index contributed by atoms with van der Waals surface area (Å²) in [6.07, 6.45) is -1.50. The van der Waals surface area contributed by atoms with Crippen LogP contribution in [-0.2, 0) is 57.0 Å². The van der Waals surface area contributed by atoms with Crippen LogP contribution in [0.1, 0.15) is 144 Å². The Morgan fingerprint density at radius 2 is 1.20 bits per heavy atom. The number of nitrogens with zero attached hydrogens (tertiary/aromatic N) is 2. The molecule has 4 fully saturated rings. The Morgan fingerprint density at radius 1 is 0.667 bits per heavy atom. The highest BCUT2D eigenvalue weighted by molar-refractivity contribution is 5.97. The van der Waals surface area contributed by atoms with Crippen LogP contribution in [0.25, 0.3) is 0 Å². The number of nitrogens with two attached hydrogens (primary N) is 1. The number of pyridine rings is 2. The van der Waals surface area contributed by atoms with Gasteiger partial charge in [0, 0.05) is 88.7 Å². The number of ether oxygens (including phenoxy) is 5. The Hall–Kier alpha value is -8.20. The second-order valence-electron chi connectivity index (χ2n) is 24.3. The molecule has 6 heterocycles. The van der Waals surface area contributed by atoms with Gasteiger partial charge < -0.3 is 45.4 Å². The van der Waals surface area contributed by atoms with Crippen LogP contribution in [0.2, 0.25) is 0 Å². The molecule has 4 aliphatic heterocycles. The number of carbonyl (C=O) groups is 4. The maximum Gasteiger partial charge on any atom is 0.416 e. The average molecular weight is 1160 g/mol. The third-order valence-electron chi connectivity index (χ3n) is 17.1. The first kappa shape index (κ1) is 55.0. The van der Waals surface area contributed by atoms with Gasteiger partial charge in [-0.3, -0.25) is 14.4 Å². The van der Waals surface area contributed by atoms with Gasteiger partial charge in [0.1, 0.15) is 63.9 Å². The van der Waals surface area contributed by atoms with E-state index in [4.69, 9.17) is 29.4 Å². The molecule has 0 saturated heterocycles. The summed E-state index contributed by atoms with van der Waals surface area (Å²) in [7, 11) is 0. The number of hydrogen-bond acceptors (Lipinski definition) is 12. The number of nitrogens with one attached hydrogen (secondary N) is 3. The standard InChI is InChI=1S/C34H32F3N3O6.C29H26F3N3O3/c1-32(2,3)46-31(43)40-33(9-10-33)18-12-17(13-19(14-18)34(35,36)37)24(41)16-23-28-22-15-20(4-6-25(22)45-29(23)28)44-26-8-11-38-30-21(26)5-7-27(42)39-30;30-29(31,32)17-12-15(11-16(13-17)28(33)8-9-28)1-3-20-25-21-14-18(2-5-22(21)38-26(20)25)37-23-7-10-34-27-19(23)4-6-24(36)35-27/h4,6,8,11-15,23,28-29H,5,7,9-10,16H2,1-3H3,(H,40,43)(H,38,39,42);2,5,7,10-14,20,25-26H,1,3-4,6,8-9,33H2,(H,34,35,36)/t23-,28-,29+;20-,25+,26+/m00/s1. The fourth-order valence-corrected chi connectivity index (χ4v) is 12.3. The summed E-state index contributed by atoms with van der Waals surface area (Å²) in [6, 6.07) is 22.4. The quantitative estimate of drug-likeness (QED) is 0.0630. The molecule has 6 aromatic rings. The summed E-state index contributed by atoms with van der Waals surface area (Å²) in [6.45, 7) is 5.10. The van der Waals surface area contributed by atoms with E-state index in [9.17, 15) is 45.5 Å². The number of alkyl halides is 6. The number of ketones is 1. The van der Waals surface area contributed by atoms with E-state index in [1.807, 2.05) is 30.3 Å². The van der Waals surface area contributed by atoms with Crippen molar-refractivity contribution in [2.75, 3.05) is 10.6 Å². The highest BCUT2D eigenvalue weighted by Gasteiger charge is 2.60. The average Bonchev–Trinajstić information content (AvgIpc) is 1.81. The van der Waals surface area contributed by atoms with Crippen LogP contribution in [0.5, 0.6) is 34.5 Å². The second kappa shape index (κ2) is 20.0. The topological polar surface area (TPSA) is 202 Å². The van der Waals surface area contributed by atoms with Gasteiger partial charge in [0.2, 0.25) is 11.8 Å². The molecule has 14 rings (SSSR count). The van der Waals surface area contributed by atoms with Crippen LogP contribution < -0.4 is 40.6 Å². The maximum absolute atomic E-state index is 14.0. The van der Waals surface area contributed by atoms with Gasteiger partial charge in [-0.2, -0.15) is 26.3 Å². The molecule has 15 nitrogen and oxygen atoms in total. The number of amides is 3. The van der Waals surface area contributed by atoms with Crippen molar-refractivity contribution in [3.8, 4) is 34.5 Å². The number of rotatable bonds is 13. The molecule has 4 aliphatic carbocycles. The Balaban J connectivity index is 0.000000159. The lowest BCUT2D eigenvalue weighted by atomic mass is 9.94. The van der Waals surface area contributed by atoms with Crippen molar-refractivity contribution in [2.45, 2.75) is 144 Å². The van der Waals surface area contributed by atoms with Crippen molar-refractivity contribution in [1.82, 2.24) is 15.3 Å². The Bertz CT molecular complexity index is 3700. The van der Waals surface area contributed by atoms with Gasteiger partial charge >= 0.3 is 18.4 Å². The molecule has 0 unspecified atom stereocenters. The van der Waals surface area contributed by atoms with Crippen LogP contribution in [0, 0.1) is 11.8 Å². The third-order valence-corrected chi connectivity index (χ3v) is 17.1. The van der Waals surface area contributed by atoms with Crippen LogP contribution in [0.4, 0.5) is 42.8 Å². The maximum atomic E-state index is 14.0. The number of hydrogen-bond donors (Lipinski definition) is 4. The van der Waals surface area contributed by atoms with Gasteiger partial charge in [0.25, 0.3) is 0 Å². The number of Topliss-reactive ketones (excluding diaryl/α,β-unsaturated/α-hetero) is 1. The fraction of sp³-hybridized carbons (Fsp3) is 0.397. The number of anilines is 2. The van der Waals surface area contributed by atoms with E-state index >= 15 is 0 Å². The van der Waals surface area contributed by atoms with Gasteiger partial charge in [-0.05, 0) is 168 Å². The smallest absolute Gasteiger partial charge is 0.416 e. The molecule has 6 atom stereocenters. The van der Waals surface area contributed by atoms with E-state index in [0.29, 0.717) is 109 Å². The number of halogens is 6. The molecule has 84 heavy (non-hydrogen) atoms. The van der Waals surface area contributed by atoms with Crippen LogP contribution in [0.15, 0.2) is 97.3 Å². The van der Waals surface area contributed by atoms with E-state index in [1.54, 1.807) is 57.4 Å². The molecule has 0 spiro atoms. The van der Waals surface area contributed by atoms with Gasteiger partial charge in [-0.15, -0.1) is 0 Å². The summed E-state index contributed by atoms with van der Waals surface area (Å²) in [5, 5.41) is 8.26. The van der Waals surface area contributed by atoms with Crippen molar-refractivity contribution < 1.29 is 69.2 Å². The molecular weight excluding hydrogens is 1100 g/mol. The van der Waals surface area contributed by atoms with Crippen LogP contribution >= 0.6 is 0 Å². The fourth-order valence-electron chi connectivity index (χ4n) is 12.3. The van der Waals surface area contributed by atoms with Crippen LogP contribution in [-0.4, -0.2) is 51.5 Å². The van der Waals surface area contributed by atoms with Crippen molar-refractivity contribution in [2.24, 2.45) is 17.6 Å². The first-order chi connectivity index (χ1) is 39.9. The zero-order valence-electron chi connectivity index (χ0n) is 45.9. The first-order valence-electron chi connectivity index (χ1n) is 28.2. The predicted octanol–water partition coefficient (Wildman–Crippen LogP) is 12.9. The number of alkyl carbamates (subject to hydrolysis) is 1. The Kier molecular flexibility index (Phi) is 13.1. The van der Waals surface area contributed by atoms with Crippen molar-refractivity contribution >= 4 is 35.3 Å². The summed E-state index contributed by atoms with van der Waals surface area (Å²) >= 11 is 0. The van der Waals surface area contributed by atoms with E-state index in [1.165, 1.54) is 18.2 Å². The van der Waals surface area contributed by atoms with Crippen molar-refractivity contribution in [1.29, 1.82) is 0 Å². The molecule has 0 bridgehead atoms. The normalized spacial score (nSPS) is 22.9. The van der Waals surface area contributed by atoms with Gasteiger partial charge in [-0.1, -0.05) is 6.07 Å². The molecule has 436 valence electrons. The molecular formula is C63H58F6N6O9. The molecule has 3 amide bonds. The minimum atomic E-state index is -4.68. The van der Waals surface area contributed by atoms with Crippen molar-refractivity contribution in [3.05, 3.63) is 153 Å². The molecule has 5 N–H and O–H groups in total. The van der Waals surface area contributed by atoms with E-state index < -0.39 is 52.0 Å². The molecule has 4 aromatic carbocycles. The Labute approximate surface area is 478 Å². The lowest BCUT2D eigenvalue weighted by Gasteiger charge is -2.24. The number of aryl methyl sites for hydroxylation is 1. The second-order valence-corrected chi connectivity index (χ2v) is 24.3. The molecule has 2 aromatic heterocycles. The number of carbonyl (C=O) groups excluding carboxylic acids is 4. The molecule has 21 heteroatoms. The SMILES string of the molecule is CC(C)(C)OC(=O)NC1(c2cc(C(=O)C[C@@H]3[C@H]4Oc5ccc(Oc6ccnc7c6CCC(=O)N7)cc5[C@@H]34)cc(C(F)(F)F)c2)CC1.NC1(c2cc(CC[C@@H]3[C@H]4Oc5ccc(Oc6ccnc7c6CCC(=O)N7)cc5[C@@H]34)cc(C(F)(F)F)c2)CC1. The number of aromatic nitrogens is 2. The molecule has 8 aliphatic rings. The summed E-state index contributed by atoms with van der Waals surface area (Å²) < 4.78 is 112. The molecule has 4 saturated carbocycles. The highest BCUT2D eigenvalue weighted by atomic mass is 19.4. The van der Waals surface area contributed by atoms with E-state index in [0.717, 1.165) is 46.6 Å². The summed E-state index contributed by atoms with van der Waals surface area (Å²) in [5.41, 5.74) is 7.30. The Morgan fingerprint density at radius 3 is 1.74 bits per heavy atom. The zero-order valence-corrected chi connectivity index (χ0v) is 45.9. The number of fused-ring (bicyclic) bond motifs is 8. The van der Waals surface area contributed by atoms with E-state index in [2.05, 4.69) is 25.9 Å². The molecule has 0 radical (unpaired) electrons. The first-order valence-corrected chi connectivity index (χ1v) is 28.2. The highest BCUT2D eigenvalue weighted by Crippen LogP contribution is 2.62. The van der Waals surface area contributed by atoms with Crippen molar-refractivity contribution in [3.63, 3.8) is 0 Å². The lowest BCUT2D eigenvalue weighted by molar-refractivity contribution is -0.138. The minimum absolute atomic E-state index is 0.00463. The largest absolute Gasteiger partial charge is 0.489 e. The number of benzene rings is 4. The summed E-state index contributed by atoms with van der Waals surface area (Å²) in [4.78, 5) is 57.9. The van der Waals surface area contributed by atoms with E-state index in [-0.39, 0.29) is 65.2 Å². The zero-order chi connectivity index (χ0) is 58.8. The minimum Gasteiger partial charge on any atom is -0.489 e. The lowest BCUT2D eigenvalue weighted by Crippen LogP contribution is -2.39. The monoisotopic (exact) mass is 1160 g/mol. The third kappa shape index (κ3) is 11.0. The van der Waals surface area contributed by atoms with Gasteiger partial charge in [-0.25, -0.2) is 14.8 Å². The van der Waals surface area contributed by atoms with Gasteiger partial charge in [0.15, 0.2) is 5.78 Å². The van der Waals surface area contributed by atoms with Crippen LogP contribution in [0.3, 0.4) is 0 Å². The predicted molar refractivity (Wildman–Crippen MR) is 292 cm³/mol.